The first-order chi connectivity index (χ1) is 10.1. The van der Waals surface area contributed by atoms with Gasteiger partial charge >= 0.3 is 5.97 Å². The van der Waals surface area contributed by atoms with Gasteiger partial charge in [0, 0.05) is 4.88 Å². The van der Waals surface area contributed by atoms with Crippen molar-refractivity contribution in [1.29, 1.82) is 0 Å². The molecule has 5 heteroatoms. The molecule has 0 spiro atoms. The highest BCUT2D eigenvalue weighted by Crippen LogP contribution is 2.24. The molecule has 0 radical (unpaired) electrons. The van der Waals surface area contributed by atoms with Crippen LogP contribution in [0.25, 0.3) is 0 Å². The van der Waals surface area contributed by atoms with Crippen LogP contribution < -0.4 is 5.32 Å². The summed E-state index contributed by atoms with van der Waals surface area (Å²) in [6, 6.07) is 10.1. The average molecular weight is 303 g/mol. The Hall–Kier alpha value is -2.14. The van der Waals surface area contributed by atoms with E-state index in [1.807, 2.05) is 17.5 Å². The zero-order valence-electron chi connectivity index (χ0n) is 11.7. The van der Waals surface area contributed by atoms with Crippen molar-refractivity contribution in [2.75, 3.05) is 0 Å². The van der Waals surface area contributed by atoms with Gasteiger partial charge in [-0.15, -0.1) is 11.3 Å². The molecule has 1 atom stereocenters. The molecule has 0 bridgehead atoms. The summed E-state index contributed by atoms with van der Waals surface area (Å²) < 4.78 is 0. The normalized spacial score (nSPS) is 11.9. The Morgan fingerprint density at radius 3 is 2.48 bits per heavy atom. The van der Waals surface area contributed by atoms with Crippen molar-refractivity contribution in [3.8, 4) is 0 Å². The monoisotopic (exact) mass is 303 g/mol. The number of benzene rings is 1. The quantitative estimate of drug-likeness (QED) is 0.854. The molecule has 2 rings (SSSR count). The number of hydrogen-bond donors (Lipinski definition) is 2. The van der Waals surface area contributed by atoms with Crippen molar-refractivity contribution < 1.29 is 14.7 Å². The summed E-state index contributed by atoms with van der Waals surface area (Å²) in [5.41, 5.74) is 0.221. The number of amides is 1. The largest absolute Gasteiger partial charge is 0.478 e. The van der Waals surface area contributed by atoms with E-state index in [0.29, 0.717) is 0 Å². The maximum atomic E-state index is 12.4. The van der Waals surface area contributed by atoms with Crippen LogP contribution in [0.5, 0.6) is 0 Å². The van der Waals surface area contributed by atoms with Gasteiger partial charge in [-0.05, 0) is 30.0 Å². The van der Waals surface area contributed by atoms with Gasteiger partial charge in [0.05, 0.1) is 17.2 Å². The Morgan fingerprint density at radius 1 is 1.19 bits per heavy atom. The topological polar surface area (TPSA) is 66.4 Å². The first-order valence-corrected chi connectivity index (χ1v) is 7.68. The minimum absolute atomic E-state index is 0.0245. The van der Waals surface area contributed by atoms with Gasteiger partial charge in [0.2, 0.25) is 0 Å². The number of rotatable bonds is 6. The summed E-state index contributed by atoms with van der Waals surface area (Å²) in [5.74, 6) is -1.44. The van der Waals surface area contributed by atoms with Gasteiger partial charge in [-0.1, -0.05) is 31.5 Å². The molecule has 1 aromatic heterocycles. The molecule has 0 aliphatic heterocycles. The fourth-order valence-corrected chi connectivity index (χ4v) is 2.98. The Balaban J connectivity index is 2.22. The van der Waals surface area contributed by atoms with Gasteiger partial charge in [0.1, 0.15) is 0 Å². The van der Waals surface area contributed by atoms with Crippen molar-refractivity contribution in [2.45, 2.75) is 25.8 Å². The number of nitrogens with one attached hydrogen (secondary N) is 1. The molecule has 1 aromatic carbocycles. The van der Waals surface area contributed by atoms with E-state index in [2.05, 4.69) is 12.2 Å². The first-order valence-electron chi connectivity index (χ1n) is 6.80. The van der Waals surface area contributed by atoms with E-state index >= 15 is 0 Å². The summed E-state index contributed by atoms with van der Waals surface area (Å²) in [6.45, 7) is 2.05. The van der Waals surface area contributed by atoms with Crippen LogP contribution in [0.1, 0.15) is 51.4 Å². The van der Waals surface area contributed by atoms with Crippen LogP contribution in [-0.2, 0) is 0 Å². The Morgan fingerprint density at radius 2 is 1.90 bits per heavy atom. The van der Waals surface area contributed by atoms with Crippen LogP contribution >= 0.6 is 11.3 Å². The second-order valence-electron chi connectivity index (χ2n) is 4.68. The molecule has 1 heterocycles. The zero-order chi connectivity index (χ0) is 15.2. The summed E-state index contributed by atoms with van der Waals surface area (Å²) in [4.78, 5) is 24.7. The summed E-state index contributed by atoms with van der Waals surface area (Å²) >= 11 is 1.59. The number of carboxylic acids is 1. The SMILES string of the molecule is CCCC(NC(=O)c1ccccc1C(=O)O)c1cccs1. The molecule has 110 valence electrons. The maximum absolute atomic E-state index is 12.4. The number of thiophene rings is 1. The van der Waals surface area contributed by atoms with Crippen molar-refractivity contribution in [3.63, 3.8) is 0 Å². The zero-order valence-corrected chi connectivity index (χ0v) is 12.5. The van der Waals surface area contributed by atoms with E-state index < -0.39 is 5.97 Å². The van der Waals surface area contributed by atoms with Crippen molar-refractivity contribution in [1.82, 2.24) is 5.32 Å². The van der Waals surface area contributed by atoms with Gasteiger partial charge in [-0.2, -0.15) is 0 Å². The van der Waals surface area contributed by atoms with Crippen molar-refractivity contribution >= 4 is 23.2 Å². The highest BCUT2D eigenvalue weighted by molar-refractivity contribution is 7.10. The molecule has 4 nitrogen and oxygen atoms in total. The molecular formula is C16H17NO3S. The molecule has 2 N–H and O–H groups in total. The lowest BCUT2D eigenvalue weighted by Crippen LogP contribution is -2.29. The Bertz CT molecular complexity index is 622. The van der Waals surface area contributed by atoms with E-state index in [1.165, 1.54) is 12.1 Å². The molecule has 0 saturated heterocycles. The van der Waals surface area contributed by atoms with E-state index in [4.69, 9.17) is 5.11 Å². The fraction of sp³-hybridized carbons (Fsp3) is 0.250. The molecule has 2 aromatic rings. The minimum atomic E-state index is -1.09. The lowest BCUT2D eigenvalue weighted by atomic mass is 10.1. The third-order valence-electron chi connectivity index (χ3n) is 3.17. The van der Waals surface area contributed by atoms with E-state index in [9.17, 15) is 9.59 Å². The van der Waals surface area contributed by atoms with Crippen molar-refractivity contribution in [3.05, 3.63) is 57.8 Å². The van der Waals surface area contributed by atoms with E-state index in [-0.39, 0.29) is 23.1 Å². The van der Waals surface area contributed by atoms with Crippen molar-refractivity contribution in [2.24, 2.45) is 0 Å². The number of carboxylic acid groups (broad SMARTS) is 1. The van der Waals surface area contributed by atoms with Crippen LogP contribution in [0.15, 0.2) is 41.8 Å². The van der Waals surface area contributed by atoms with Crippen LogP contribution in [0.3, 0.4) is 0 Å². The predicted molar refractivity (Wildman–Crippen MR) is 82.8 cm³/mol. The molecule has 0 fully saturated rings. The molecule has 0 aliphatic carbocycles. The van der Waals surface area contributed by atoms with Gasteiger partial charge < -0.3 is 10.4 Å². The second-order valence-corrected chi connectivity index (χ2v) is 5.66. The van der Waals surface area contributed by atoms with Gasteiger partial charge in [0.25, 0.3) is 5.91 Å². The van der Waals surface area contributed by atoms with Gasteiger partial charge in [0.15, 0.2) is 0 Å². The average Bonchev–Trinajstić information content (AvgIpc) is 3.00. The van der Waals surface area contributed by atoms with Crippen LogP contribution in [0.2, 0.25) is 0 Å². The highest BCUT2D eigenvalue weighted by atomic mass is 32.1. The van der Waals surface area contributed by atoms with Crippen LogP contribution in [-0.4, -0.2) is 17.0 Å². The third kappa shape index (κ3) is 3.70. The number of hydrogen-bond acceptors (Lipinski definition) is 3. The maximum Gasteiger partial charge on any atom is 0.336 e. The first kappa shape index (κ1) is 15.3. The molecular weight excluding hydrogens is 286 g/mol. The Kier molecular flexibility index (Phi) is 5.11. The van der Waals surface area contributed by atoms with Crippen LogP contribution in [0, 0.1) is 0 Å². The fourth-order valence-electron chi connectivity index (χ4n) is 2.17. The predicted octanol–water partition coefficient (Wildman–Crippen LogP) is 3.72. The van der Waals surface area contributed by atoms with Crippen LogP contribution in [0.4, 0.5) is 0 Å². The molecule has 1 unspecified atom stereocenters. The lowest BCUT2D eigenvalue weighted by molar-refractivity contribution is 0.0690. The summed E-state index contributed by atoms with van der Waals surface area (Å²) in [6.07, 6.45) is 1.75. The van der Waals surface area contributed by atoms with Gasteiger partial charge in [-0.25, -0.2) is 4.79 Å². The van der Waals surface area contributed by atoms with E-state index in [0.717, 1.165) is 17.7 Å². The number of carbonyl (C=O) groups is 2. The molecule has 0 aliphatic rings. The highest BCUT2D eigenvalue weighted by Gasteiger charge is 2.20. The molecule has 1 amide bonds. The molecule has 21 heavy (non-hydrogen) atoms. The summed E-state index contributed by atoms with van der Waals surface area (Å²) in [5, 5.41) is 14.1. The Labute approximate surface area is 127 Å². The minimum Gasteiger partial charge on any atom is -0.478 e. The van der Waals surface area contributed by atoms with E-state index in [1.54, 1.807) is 23.5 Å². The number of carbonyl (C=O) groups excluding carboxylic acids is 1. The standard InChI is InChI=1S/C16H17NO3S/c1-2-6-13(14-9-5-10-21-14)17-15(18)11-7-3-4-8-12(11)16(19)20/h3-5,7-10,13H,2,6H2,1H3,(H,17,18)(H,19,20). The van der Waals surface area contributed by atoms with Gasteiger partial charge in [-0.3, -0.25) is 4.79 Å². The second kappa shape index (κ2) is 7.04. The smallest absolute Gasteiger partial charge is 0.336 e. The summed E-state index contributed by atoms with van der Waals surface area (Å²) in [7, 11) is 0. The lowest BCUT2D eigenvalue weighted by Gasteiger charge is -2.17. The third-order valence-corrected chi connectivity index (χ3v) is 4.16. The molecule has 0 saturated carbocycles. The number of aromatic carboxylic acids is 1.